The Kier molecular flexibility index (Phi) is 45.4. The summed E-state index contributed by atoms with van der Waals surface area (Å²) in [6.07, 6.45) is 34.3. The van der Waals surface area contributed by atoms with Gasteiger partial charge in [-0.05, 0) is 12.8 Å². The van der Waals surface area contributed by atoms with Gasteiger partial charge in [0.2, 0.25) is 0 Å². The number of unbranched alkanes of at least 4 members (excludes halogenated alkanes) is 26. The SMILES string of the molecule is CCCCCCCCCCCCCCCCOP(=O)(OCCCCCCCCCCCCCCCC)OP(=O)(O)O.[KH].[KH]. The first kappa shape index (κ1) is 50.9. The van der Waals surface area contributed by atoms with Crippen molar-refractivity contribution in [2.45, 2.75) is 194 Å². The first-order chi connectivity index (χ1) is 19.8. The van der Waals surface area contributed by atoms with Gasteiger partial charge in [0.15, 0.2) is 0 Å². The van der Waals surface area contributed by atoms with Crippen LogP contribution in [0.4, 0.5) is 0 Å². The van der Waals surface area contributed by atoms with Gasteiger partial charge < -0.3 is 9.79 Å². The van der Waals surface area contributed by atoms with Gasteiger partial charge in [-0.15, -0.1) is 0 Å². The van der Waals surface area contributed by atoms with Crippen LogP contribution in [0.1, 0.15) is 194 Å². The predicted octanol–water partition coefficient (Wildman–Crippen LogP) is 10.9. The fourth-order valence-electron chi connectivity index (χ4n) is 5.16. The molecular weight excluding hydrogens is 636 g/mol. The Morgan fingerprint density at radius 1 is 0.395 bits per heavy atom. The molecule has 0 aliphatic rings. The summed E-state index contributed by atoms with van der Waals surface area (Å²) in [4.78, 5) is 18.3. The van der Waals surface area contributed by atoms with Crippen molar-refractivity contribution in [3.8, 4) is 0 Å². The van der Waals surface area contributed by atoms with E-state index < -0.39 is 15.6 Å². The summed E-state index contributed by atoms with van der Waals surface area (Å²) >= 11 is 0. The Morgan fingerprint density at radius 2 is 0.605 bits per heavy atom. The van der Waals surface area contributed by atoms with E-state index in [1.165, 1.54) is 141 Å². The Labute approximate surface area is 352 Å². The van der Waals surface area contributed by atoms with Crippen LogP contribution < -0.4 is 0 Å². The summed E-state index contributed by atoms with van der Waals surface area (Å²) in [5.41, 5.74) is 0. The molecule has 0 radical (unpaired) electrons. The molecule has 0 heterocycles. The van der Waals surface area contributed by atoms with Crippen molar-refractivity contribution in [3.05, 3.63) is 0 Å². The van der Waals surface area contributed by atoms with Gasteiger partial charge in [0.25, 0.3) is 0 Å². The van der Waals surface area contributed by atoms with Crippen LogP contribution in [0, 0.1) is 0 Å². The fraction of sp³-hybridized carbons (Fsp3) is 1.00. The van der Waals surface area contributed by atoms with Crippen LogP contribution in [-0.4, -0.2) is 126 Å². The first-order valence-electron chi connectivity index (χ1n) is 17.5. The number of hydrogen-bond donors (Lipinski definition) is 2. The van der Waals surface area contributed by atoms with E-state index in [1.807, 2.05) is 0 Å². The van der Waals surface area contributed by atoms with E-state index in [9.17, 15) is 9.13 Å². The van der Waals surface area contributed by atoms with E-state index in [1.54, 1.807) is 0 Å². The zero-order valence-corrected chi connectivity index (χ0v) is 28.8. The molecule has 0 atom stereocenters. The number of phosphoric acid groups is 2. The van der Waals surface area contributed by atoms with Gasteiger partial charge >= 0.3 is 118 Å². The van der Waals surface area contributed by atoms with Crippen molar-refractivity contribution in [1.29, 1.82) is 0 Å². The quantitative estimate of drug-likeness (QED) is 0.0390. The Balaban J connectivity index is -0.00000800. The van der Waals surface area contributed by atoms with E-state index in [0.717, 1.165) is 25.7 Å². The topological polar surface area (TPSA) is 102 Å². The van der Waals surface area contributed by atoms with E-state index in [0.29, 0.717) is 12.8 Å². The summed E-state index contributed by atoms with van der Waals surface area (Å²) in [6.45, 7) is 4.72. The third-order valence-corrected chi connectivity index (χ3v) is 10.3. The minimum absolute atomic E-state index is 0. The monoisotopic (exact) mass is 706 g/mol. The predicted molar refractivity (Wildman–Crippen MR) is 188 cm³/mol. The van der Waals surface area contributed by atoms with Gasteiger partial charge in [-0.2, -0.15) is 4.31 Å². The molecule has 0 spiro atoms. The standard InChI is InChI=1S/C32H68O7P2.2K.2H/c1-3-5-7-9-11-13-15-17-19-21-23-25-27-29-31-37-41(36,39-40(33,34)35)38-32-30-28-26-24-22-20-18-16-14-12-10-8-6-4-2;;;;/h3-32H2,1-2H3,(H2,33,34,35);;;;. The second kappa shape index (κ2) is 38.3. The number of hydrogen-bond acceptors (Lipinski definition) is 5. The van der Waals surface area contributed by atoms with Crippen molar-refractivity contribution in [2.75, 3.05) is 13.2 Å². The average molecular weight is 707 g/mol. The van der Waals surface area contributed by atoms with Crippen molar-refractivity contribution in [2.24, 2.45) is 0 Å². The molecule has 7 nitrogen and oxygen atoms in total. The molecule has 0 amide bonds. The normalized spacial score (nSPS) is 11.8. The van der Waals surface area contributed by atoms with E-state index in [4.69, 9.17) is 18.8 Å². The van der Waals surface area contributed by atoms with E-state index in [2.05, 4.69) is 18.2 Å². The molecule has 2 N–H and O–H groups in total. The van der Waals surface area contributed by atoms with Crippen LogP contribution in [0.15, 0.2) is 0 Å². The van der Waals surface area contributed by atoms with Crippen molar-refractivity contribution < 1.29 is 32.3 Å². The Hall–Kier alpha value is 3.53. The third-order valence-electron chi connectivity index (χ3n) is 7.70. The van der Waals surface area contributed by atoms with Crippen LogP contribution in [0.3, 0.4) is 0 Å². The third kappa shape index (κ3) is 41.6. The number of rotatable bonds is 34. The summed E-state index contributed by atoms with van der Waals surface area (Å²) in [5, 5.41) is 0. The summed E-state index contributed by atoms with van der Waals surface area (Å²) < 4.78 is 39.0. The van der Waals surface area contributed by atoms with Crippen LogP contribution in [-0.2, 0) is 22.5 Å². The maximum atomic E-state index is 12.7. The second-order valence-electron chi connectivity index (χ2n) is 11.9. The van der Waals surface area contributed by atoms with Crippen molar-refractivity contribution in [1.82, 2.24) is 0 Å². The van der Waals surface area contributed by atoms with Gasteiger partial charge in [0.1, 0.15) is 0 Å². The van der Waals surface area contributed by atoms with Gasteiger partial charge in [-0.3, -0.25) is 9.05 Å². The number of phosphoric ester groups is 1. The van der Waals surface area contributed by atoms with Gasteiger partial charge in [0, 0.05) is 0 Å². The zero-order valence-electron chi connectivity index (χ0n) is 27.0. The summed E-state index contributed by atoms with van der Waals surface area (Å²) in [7, 11) is -9.26. The molecule has 43 heavy (non-hydrogen) atoms. The van der Waals surface area contributed by atoms with E-state index >= 15 is 0 Å². The van der Waals surface area contributed by atoms with E-state index in [-0.39, 0.29) is 116 Å². The van der Waals surface area contributed by atoms with Crippen molar-refractivity contribution in [3.63, 3.8) is 0 Å². The molecule has 0 rings (SSSR count). The van der Waals surface area contributed by atoms with Crippen molar-refractivity contribution >= 4 is 118 Å². The average Bonchev–Trinajstić information content (AvgIpc) is 2.92. The molecule has 0 aliphatic carbocycles. The van der Waals surface area contributed by atoms with Gasteiger partial charge in [-0.25, -0.2) is 9.13 Å². The molecule has 0 aromatic rings. The second-order valence-corrected chi connectivity index (χ2v) is 14.9. The molecule has 0 aromatic carbocycles. The molecule has 0 saturated carbocycles. The molecule has 11 heteroatoms. The Morgan fingerprint density at radius 3 is 0.814 bits per heavy atom. The zero-order chi connectivity index (χ0) is 30.3. The van der Waals surface area contributed by atoms with Crippen LogP contribution >= 0.6 is 15.6 Å². The van der Waals surface area contributed by atoms with Crippen LogP contribution in [0.5, 0.6) is 0 Å². The molecule has 0 aromatic heterocycles. The fourth-order valence-corrected chi connectivity index (χ4v) is 7.36. The molecule has 0 saturated heterocycles. The van der Waals surface area contributed by atoms with Crippen LogP contribution in [0.25, 0.3) is 0 Å². The molecule has 0 bridgehead atoms. The molecular formula is C32H70K2O7P2. The molecule has 0 unspecified atom stereocenters. The minimum atomic E-state index is -4.98. The van der Waals surface area contributed by atoms with Gasteiger partial charge in [-0.1, -0.05) is 181 Å². The maximum absolute atomic E-state index is 12.7. The Bertz CT molecular complexity index is 601. The molecule has 0 aliphatic heterocycles. The summed E-state index contributed by atoms with van der Waals surface area (Å²) in [6, 6.07) is 0. The van der Waals surface area contributed by atoms with Crippen LogP contribution in [0.2, 0.25) is 0 Å². The molecule has 252 valence electrons. The summed E-state index contributed by atoms with van der Waals surface area (Å²) in [5.74, 6) is 0. The molecule has 0 fully saturated rings. The van der Waals surface area contributed by atoms with Gasteiger partial charge in [0.05, 0.1) is 13.2 Å². The first-order valence-corrected chi connectivity index (χ1v) is 20.5.